The maximum absolute atomic E-state index is 6.13. The van der Waals surface area contributed by atoms with Gasteiger partial charge in [0.15, 0.2) is 0 Å². The van der Waals surface area contributed by atoms with Crippen LogP contribution in [0.3, 0.4) is 0 Å². The molecule has 1 aliphatic rings. The van der Waals surface area contributed by atoms with E-state index in [0.717, 1.165) is 44.1 Å². The molecule has 0 aromatic carbocycles. The van der Waals surface area contributed by atoms with Crippen LogP contribution in [-0.2, 0) is 11.3 Å². The molecule has 1 atom stereocenters. The molecule has 1 fully saturated rings. The molecule has 0 aliphatic carbocycles. The maximum atomic E-state index is 6.13. The summed E-state index contributed by atoms with van der Waals surface area (Å²) in [5.74, 6) is 1.57. The summed E-state index contributed by atoms with van der Waals surface area (Å²) in [7, 11) is 3.99. The predicted octanol–water partition coefficient (Wildman–Crippen LogP) is 2.32. The Hall–Kier alpha value is -0.840. The van der Waals surface area contributed by atoms with Crippen molar-refractivity contribution in [3.05, 3.63) is 22.8 Å². The Kier molecular flexibility index (Phi) is 5.43. The van der Waals surface area contributed by atoms with Crippen LogP contribution in [0.5, 0.6) is 0 Å². The highest BCUT2D eigenvalue weighted by atomic mass is 35.5. The Morgan fingerprint density at radius 2 is 2.42 bits per heavy atom. The van der Waals surface area contributed by atoms with E-state index >= 15 is 0 Å². The minimum absolute atomic E-state index is 0.601. The lowest BCUT2D eigenvalue weighted by Gasteiger charge is -2.28. The third-order valence-electron chi connectivity index (χ3n) is 3.47. The SMILES string of the molecule is CNCc1cc(N(C)CC2CCCOC2)ncc1Cl. The van der Waals surface area contributed by atoms with Crippen LogP contribution in [0.4, 0.5) is 5.82 Å². The summed E-state index contributed by atoms with van der Waals surface area (Å²) in [6.45, 7) is 3.51. The summed E-state index contributed by atoms with van der Waals surface area (Å²) in [6.07, 6.45) is 4.14. The number of nitrogens with zero attached hydrogens (tertiary/aromatic N) is 2. The molecule has 0 spiro atoms. The molecular weight excluding hydrogens is 262 g/mol. The average Bonchev–Trinajstić information content (AvgIpc) is 2.42. The summed E-state index contributed by atoms with van der Waals surface area (Å²) in [5, 5.41) is 3.84. The van der Waals surface area contributed by atoms with Crippen molar-refractivity contribution in [1.29, 1.82) is 0 Å². The minimum Gasteiger partial charge on any atom is -0.381 e. The number of halogens is 1. The molecule has 1 aromatic rings. The summed E-state index contributed by atoms with van der Waals surface area (Å²) in [6, 6.07) is 2.06. The third-order valence-corrected chi connectivity index (χ3v) is 3.81. The zero-order valence-electron chi connectivity index (χ0n) is 11.7. The number of hydrogen-bond donors (Lipinski definition) is 1. The van der Waals surface area contributed by atoms with E-state index in [2.05, 4.69) is 28.3 Å². The van der Waals surface area contributed by atoms with E-state index in [9.17, 15) is 0 Å². The van der Waals surface area contributed by atoms with Gasteiger partial charge in [0.1, 0.15) is 5.82 Å². The van der Waals surface area contributed by atoms with Crippen molar-refractivity contribution in [2.45, 2.75) is 19.4 Å². The quantitative estimate of drug-likeness (QED) is 0.900. The summed E-state index contributed by atoms with van der Waals surface area (Å²) >= 11 is 6.13. The van der Waals surface area contributed by atoms with Crippen LogP contribution in [0, 0.1) is 5.92 Å². The minimum atomic E-state index is 0.601. The lowest BCUT2D eigenvalue weighted by Crippen LogP contribution is -2.31. The van der Waals surface area contributed by atoms with E-state index < -0.39 is 0 Å². The number of rotatable bonds is 5. The van der Waals surface area contributed by atoms with Crippen LogP contribution in [0.2, 0.25) is 5.02 Å². The molecule has 0 radical (unpaired) electrons. The van der Waals surface area contributed by atoms with Gasteiger partial charge in [0.2, 0.25) is 0 Å². The number of ether oxygens (including phenoxy) is 1. The normalized spacial score (nSPS) is 19.4. The van der Waals surface area contributed by atoms with Gasteiger partial charge in [-0.15, -0.1) is 0 Å². The van der Waals surface area contributed by atoms with E-state index in [0.29, 0.717) is 10.9 Å². The van der Waals surface area contributed by atoms with Crippen molar-refractivity contribution < 1.29 is 4.74 Å². The van der Waals surface area contributed by atoms with Crippen molar-refractivity contribution >= 4 is 17.4 Å². The zero-order chi connectivity index (χ0) is 13.7. The molecule has 2 rings (SSSR count). The van der Waals surface area contributed by atoms with Crippen molar-refractivity contribution in [3.8, 4) is 0 Å². The van der Waals surface area contributed by atoms with Gasteiger partial charge in [-0.3, -0.25) is 0 Å². The van der Waals surface area contributed by atoms with E-state index in [4.69, 9.17) is 16.3 Å². The standard InChI is InChI=1S/C14H22ClN3O/c1-16-7-12-6-14(17-8-13(12)15)18(2)9-11-4-3-5-19-10-11/h6,8,11,16H,3-5,7,9-10H2,1-2H3. The van der Waals surface area contributed by atoms with Crippen LogP contribution >= 0.6 is 11.6 Å². The fourth-order valence-electron chi connectivity index (χ4n) is 2.43. The van der Waals surface area contributed by atoms with Crippen molar-refractivity contribution in [3.63, 3.8) is 0 Å². The molecule has 1 unspecified atom stereocenters. The Bertz CT molecular complexity index is 408. The molecule has 5 heteroatoms. The Labute approximate surface area is 120 Å². The molecule has 1 aromatic heterocycles. The zero-order valence-corrected chi connectivity index (χ0v) is 12.4. The molecule has 1 aliphatic heterocycles. The highest BCUT2D eigenvalue weighted by Crippen LogP contribution is 2.22. The van der Waals surface area contributed by atoms with Crippen LogP contribution in [-0.4, -0.2) is 38.8 Å². The molecule has 106 valence electrons. The van der Waals surface area contributed by atoms with Crippen LogP contribution in [0.25, 0.3) is 0 Å². The highest BCUT2D eigenvalue weighted by molar-refractivity contribution is 6.31. The molecule has 4 nitrogen and oxygen atoms in total. The van der Waals surface area contributed by atoms with Crippen LogP contribution in [0.1, 0.15) is 18.4 Å². The van der Waals surface area contributed by atoms with Gasteiger partial charge < -0.3 is 15.0 Å². The summed E-state index contributed by atoms with van der Waals surface area (Å²) in [4.78, 5) is 6.60. The van der Waals surface area contributed by atoms with Gasteiger partial charge in [-0.1, -0.05) is 11.6 Å². The molecule has 0 amide bonds. The largest absolute Gasteiger partial charge is 0.381 e. The van der Waals surface area contributed by atoms with Crippen molar-refractivity contribution in [2.75, 3.05) is 38.8 Å². The second kappa shape index (κ2) is 7.08. The molecule has 19 heavy (non-hydrogen) atoms. The number of hydrogen-bond acceptors (Lipinski definition) is 4. The van der Waals surface area contributed by atoms with Gasteiger partial charge in [0.05, 0.1) is 11.6 Å². The molecule has 0 saturated carbocycles. The van der Waals surface area contributed by atoms with Gasteiger partial charge in [0.25, 0.3) is 0 Å². The monoisotopic (exact) mass is 283 g/mol. The van der Waals surface area contributed by atoms with Crippen molar-refractivity contribution in [2.24, 2.45) is 5.92 Å². The van der Waals surface area contributed by atoms with E-state index in [1.54, 1.807) is 6.20 Å². The third kappa shape index (κ3) is 4.06. The van der Waals surface area contributed by atoms with Crippen LogP contribution < -0.4 is 10.2 Å². The Morgan fingerprint density at radius 1 is 1.58 bits per heavy atom. The van der Waals surface area contributed by atoms with E-state index in [-0.39, 0.29) is 0 Å². The van der Waals surface area contributed by atoms with Gasteiger partial charge in [-0.25, -0.2) is 4.98 Å². The first-order valence-electron chi connectivity index (χ1n) is 6.78. The smallest absolute Gasteiger partial charge is 0.128 e. The fraction of sp³-hybridized carbons (Fsp3) is 0.643. The van der Waals surface area contributed by atoms with Gasteiger partial charge >= 0.3 is 0 Å². The molecular formula is C14H22ClN3O. The Balaban J connectivity index is 2.01. The first-order valence-corrected chi connectivity index (χ1v) is 7.16. The van der Waals surface area contributed by atoms with Crippen molar-refractivity contribution in [1.82, 2.24) is 10.3 Å². The second-order valence-electron chi connectivity index (χ2n) is 5.13. The second-order valence-corrected chi connectivity index (χ2v) is 5.54. The first-order chi connectivity index (χ1) is 9.20. The topological polar surface area (TPSA) is 37.4 Å². The van der Waals surface area contributed by atoms with E-state index in [1.807, 2.05) is 7.05 Å². The number of aromatic nitrogens is 1. The highest BCUT2D eigenvalue weighted by Gasteiger charge is 2.17. The number of nitrogens with one attached hydrogen (secondary N) is 1. The van der Waals surface area contributed by atoms with Gasteiger partial charge in [0, 0.05) is 32.9 Å². The lowest BCUT2D eigenvalue weighted by molar-refractivity contribution is 0.0576. The molecule has 0 bridgehead atoms. The van der Waals surface area contributed by atoms with Gasteiger partial charge in [-0.05, 0) is 37.4 Å². The summed E-state index contributed by atoms with van der Waals surface area (Å²) in [5.41, 5.74) is 1.08. The average molecular weight is 284 g/mol. The predicted molar refractivity (Wildman–Crippen MR) is 78.8 cm³/mol. The number of pyridine rings is 1. The first kappa shape index (κ1) is 14.6. The van der Waals surface area contributed by atoms with E-state index in [1.165, 1.54) is 6.42 Å². The van der Waals surface area contributed by atoms with Gasteiger partial charge in [-0.2, -0.15) is 0 Å². The fourth-order valence-corrected chi connectivity index (χ4v) is 2.60. The maximum Gasteiger partial charge on any atom is 0.128 e. The number of anilines is 1. The Morgan fingerprint density at radius 3 is 3.11 bits per heavy atom. The van der Waals surface area contributed by atoms with Crippen LogP contribution in [0.15, 0.2) is 12.3 Å². The molecule has 1 saturated heterocycles. The lowest BCUT2D eigenvalue weighted by atomic mass is 10.0. The summed E-state index contributed by atoms with van der Waals surface area (Å²) < 4.78 is 5.52. The molecule has 2 heterocycles. The molecule has 1 N–H and O–H groups in total.